The molecule has 0 fully saturated rings. The van der Waals surface area contributed by atoms with Crippen LogP contribution in [0.2, 0.25) is 0 Å². The summed E-state index contributed by atoms with van der Waals surface area (Å²) in [5, 5.41) is 4.40. The van der Waals surface area contributed by atoms with Gasteiger partial charge < -0.3 is 4.74 Å². The van der Waals surface area contributed by atoms with Crippen LogP contribution in [0.1, 0.15) is 28.7 Å². The van der Waals surface area contributed by atoms with Crippen LogP contribution in [0.15, 0.2) is 36.4 Å². The largest absolute Gasteiger partial charge is 0.462 e. The normalized spacial score (nSPS) is 13.6. The molecule has 128 valence electrons. The summed E-state index contributed by atoms with van der Waals surface area (Å²) in [6.45, 7) is 5.58. The molecule has 1 aromatic heterocycles. The lowest BCUT2D eigenvalue weighted by Gasteiger charge is -2.14. The molecule has 3 rings (SSSR count). The van der Waals surface area contributed by atoms with E-state index in [-0.39, 0.29) is 11.8 Å². The second-order valence-electron chi connectivity index (χ2n) is 5.54. The lowest BCUT2D eigenvalue weighted by Crippen LogP contribution is -2.29. The van der Waals surface area contributed by atoms with Gasteiger partial charge in [-0.1, -0.05) is 0 Å². The van der Waals surface area contributed by atoms with Crippen LogP contribution in [0.5, 0.6) is 0 Å². The molecule has 1 aromatic carbocycles. The summed E-state index contributed by atoms with van der Waals surface area (Å²) >= 11 is 0. The molecule has 0 aliphatic carbocycles. The lowest BCUT2D eigenvalue weighted by molar-refractivity contribution is -0.119. The first-order valence-electron chi connectivity index (χ1n) is 7.84. The highest BCUT2D eigenvalue weighted by Gasteiger charge is 2.25. The molecule has 7 nitrogen and oxygen atoms in total. The Morgan fingerprint density at radius 1 is 1.04 bits per heavy atom. The third kappa shape index (κ3) is 2.84. The Morgan fingerprint density at radius 3 is 2.16 bits per heavy atom. The minimum atomic E-state index is -0.403. The number of aryl methyl sites for hydroxylation is 1. The Hall–Kier alpha value is -3.22. The zero-order chi connectivity index (χ0) is 18.1. The Bertz CT molecular complexity index is 876. The molecule has 0 atom stereocenters. The molecular formula is C18H17N3O4. The molecule has 1 aliphatic rings. The van der Waals surface area contributed by atoms with Crippen molar-refractivity contribution in [2.45, 2.75) is 20.8 Å². The number of aromatic nitrogens is 2. The van der Waals surface area contributed by atoms with Crippen LogP contribution in [-0.2, 0) is 14.3 Å². The number of hydrogen-bond donors (Lipinski definition) is 0. The molecule has 0 spiro atoms. The van der Waals surface area contributed by atoms with E-state index in [1.165, 1.54) is 12.2 Å². The number of carbonyl (C=O) groups excluding carboxylic acids is 3. The van der Waals surface area contributed by atoms with Gasteiger partial charge in [0.15, 0.2) is 0 Å². The molecule has 0 saturated carbocycles. The highest BCUT2D eigenvalue weighted by atomic mass is 16.5. The lowest BCUT2D eigenvalue weighted by atomic mass is 10.2. The van der Waals surface area contributed by atoms with Gasteiger partial charge in [0, 0.05) is 12.2 Å². The van der Waals surface area contributed by atoms with Crippen molar-refractivity contribution in [1.82, 2.24) is 9.78 Å². The summed E-state index contributed by atoms with van der Waals surface area (Å²) in [6, 6.07) is 6.81. The zero-order valence-corrected chi connectivity index (χ0v) is 14.1. The monoisotopic (exact) mass is 339 g/mol. The summed E-state index contributed by atoms with van der Waals surface area (Å²) < 4.78 is 6.70. The van der Waals surface area contributed by atoms with Crippen LogP contribution in [-0.4, -0.2) is 34.2 Å². The van der Waals surface area contributed by atoms with Crippen molar-refractivity contribution in [3.63, 3.8) is 0 Å². The minimum absolute atomic E-state index is 0.295. The quantitative estimate of drug-likeness (QED) is 0.629. The molecular weight excluding hydrogens is 322 g/mol. The first-order chi connectivity index (χ1) is 11.9. The third-order valence-electron chi connectivity index (χ3n) is 3.93. The van der Waals surface area contributed by atoms with Crippen LogP contribution in [0, 0.1) is 13.8 Å². The number of ether oxygens (including phenoxy) is 1. The van der Waals surface area contributed by atoms with Crippen molar-refractivity contribution in [3.05, 3.63) is 53.4 Å². The van der Waals surface area contributed by atoms with E-state index in [1.807, 2.05) is 0 Å². The summed E-state index contributed by atoms with van der Waals surface area (Å²) in [5.41, 5.74) is 2.88. The topological polar surface area (TPSA) is 81.5 Å². The molecule has 0 unspecified atom stereocenters. The predicted molar refractivity (Wildman–Crippen MR) is 90.6 cm³/mol. The molecule has 2 aromatic rings. The van der Waals surface area contributed by atoms with Crippen molar-refractivity contribution in [2.24, 2.45) is 0 Å². The first-order valence-corrected chi connectivity index (χ1v) is 7.84. The number of hydrogen-bond acceptors (Lipinski definition) is 5. The van der Waals surface area contributed by atoms with Gasteiger partial charge in [-0.2, -0.15) is 5.10 Å². The molecule has 0 bridgehead atoms. The number of anilines is 1. The van der Waals surface area contributed by atoms with Gasteiger partial charge in [0.1, 0.15) is 5.56 Å². The van der Waals surface area contributed by atoms with E-state index in [2.05, 4.69) is 5.10 Å². The van der Waals surface area contributed by atoms with Gasteiger partial charge in [0.2, 0.25) is 0 Å². The molecule has 1 aliphatic heterocycles. The fourth-order valence-electron chi connectivity index (χ4n) is 2.79. The summed E-state index contributed by atoms with van der Waals surface area (Å²) in [5.74, 6) is -1.14. The number of imide groups is 1. The second kappa shape index (κ2) is 6.35. The van der Waals surface area contributed by atoms with Crippen molar-refractivity contribution >= 4 is 23.5 Å². The molecule has 7 heteroatoms. The van der Waals surface area contributed by atoms with E-state index in [4.69, 9.17) is 4.74 Å². The molecule has 2 amide bonds. The molecule has 25 heavy (non-hydrogen) atoms. The average Bonchev–Trinajstić information content (AvgIpc) is 3.07. The maximum atomic E-state index is 12.1. The van der Waals surface area contributed by atoms with Gasteiger partial charge in [-0.3, -0.25) is 9.59 Å². The summed E-state index contributed by atoms with van der Waals surface area (Å²) in [7, 11) is 0. The predicted octanol–water partition coefficient (Wildman–Crippen LogP) is 2.10. The van der Waals surface area contributed by atoms with Crippen LogP contribution in [0.3, 0.4) is 0 Å². The van der Waals surface area contributed by atoms with Crippen molar-refractivity contribution < 1.29 is 19.1 Å². The molecule has 2 heterocycles. The summed E-state index contributed by atoms with van der Waals surface area (Å²) in [4.78, 5) is 36.6. The van der Waals surface area contributed by atoms with Crippen LogP contribution in [0.25, 0.3) is 5.69 Å². The number of nitrogens with zero attached hydrogens (tertiary/aromatic N) is 3. The molecule has 0 saturated heterocycles. The highest BCUT2D eigenvalue weighted by molar-refractivity contribution is 6.28. The van der Waals surface area contributed by atoms with Crippen LogP contribution < -0.4 is 4.90 Å². The fraction of sp³-hybridized carbons (Fsp3) is 0.222. The van der Waals surface area contributed by atoms with E-state index in [0.29, 0.717) is 34.9 Å². The third-order valence-corrected chi connectivity index (χ3v) is 3.93. The molecule has 0 N–H and O–H groups in total. The van der Waals surface area contributed by atoms with Gasteiger partial charge >= 0.3 is 5.97 Å². The van der Waals surface area contributed by atoms with E-state index in [1.54, 1.807) is 49.7 Å². The van der Waals surface area contributed by atoms with Gasteiger partial charge in [-0.05, 0) is 45.0 Å². The Morgan fingerprint density at radius 2 is 1.60 bits per heavy atom. The standard InChI is InChI=1S/C18H17N3O4/c1-4-25-18(24)17-11(2)19-21(12(17)3)14-7-5-13(6-8-14)20-15(22)9-10-16(20)23/h5-10H,4H2,1-3H3. The first kappa shape index (κ1) is 16.6. The van der Waals surface area contributed by atoms with Crippen molar-refractivity contribution in [1.29, 1.82) is 0 Å². The Balaban J connectivity index is 1.93. The number of benzene rings is 1. The smallest absolute Gasteiger partial charge is 0.341 e. The number of carbonyl (C=O) groups is 3. The number of amides is 2. The van der Waals surface area contributed by atoms with Gasteiger partial charge in [-0.15, -0.1) is 0 Å². The van der Waals surface area contributed by atoms with Crippen LogP contribution in [0.4, 0.5) is 5.69 Å². The van der Waals surface area contributed by atoms with E-state index >= 15 is 0 Å². The van der Waals surface area contributed by atoms with Gasteiger partial charge in [0.25, 0.3) is 11.8 Å². The maximum Gasteiger partial charge on any atom is 0.341 e. The maximum absolute atomic E-state index is 12.1. The SMILES string of the molecule is CCOC(=O)c1c(C)nn(-c2ccc(N3C(=O)C=CC3=O)cc2)c1C. The van der Waals surface area contributed by atoms with Gasteiger partial charge in [-0.25, -0.2) is 14.4 Å². The van der Waals surface area contributed by atoms with Crippen LogP contribution >= 0.6 is 0 Å². The average molecular weight is 339 g/mol. The molecule has 0 radical (unpaired) electrons. The van der Waals surface area contributed by atoms with Gasteiger partial charge in [0.05, 0.1) is 29.4 Å². The van der Waals surface area contributed by atoms with E-state index in [9.17, 15) is 14.4 Å². The van der Waals surface area contributed by atoms with E-state index < -0.39 is 5.97 Å². The second-order valence-corrected chi connectivity index (χ2v) is 5.54. The summed E-state index contributed by atoms with van der Waals surface area (Å²) in [6.07, 6.45) is 2.48. The number of esters is 1. The highest BCUT2D eigenvalue weighted by Crippen LogP contribution is 2.23. The Labute approximate surface area is 144 Å². The van der Waals surface area contributed by atoms with Crippen molar-refractivity contribution in [3.8, 4) is 5.69 Å². The van der Waals surface area contributed by atoms with E-state index in [0.717, 1.165) is 4.90 Å². The number of rotatable bonds is 4. The zero-order valence-electron chi connectivity index (χ0n) is 14.1. The Kier molecular flexibility index (Phi) is 4.22. The van der Waals surface area contributed by atoms with Crippen molar-refractivity contribution in [2.75, 3.05) is 11.5 Å². The minimum Gasteiger partial charge on any atom is -0.462 e. The fourth-order valence-corrected chi connectivity index (χ4v) is 2.79.